The van der Waals surface area contributed by atoms with E-state index in [0.717, 1.165) is 0 Å². The minimum absolute atomic E-state index is 0.0239. The van der Waals surface area contributed by atoms with Crippen LogP contribution >= 0.6 is 0 Å². The molecule has 8 heteroatoms. The lowest BCUT2D eigenvalue weighted by molar-refractivity contribution is -0.146. The van der Waals surface area contributed by atoms with Crippen molar-refractivity contribution in [2.75, 3.05) is 7.11 Å². The summed E-state index contributed by atoms with van der Waals surface area (Å²) in [4.78, 5) is 32.8. The number of rotatable bonds is 7. The molecule has 0 bridgehead atoms. The van der Waals surface area contributed by atoms with Crippen molar-refractivity contribution >= 4 is 34.0 Å². The van der Waals surface area contributed by atoms with Crippen molar-refractivity contribution in [1.82, 2.24) is 9.97 Å². The van der Waals surface area contributed by atoms with E-state index in [1.165, 1.54) is 13.2 Å². The maximum Gasteiger partial charge on any atom is 0.337 e. The molecule has 0 fully saturated rings. The van der Waals surface area contributed by atoms with Gasteiger partial charge in [0.2, 0.25) is 0 Å². The zero-order valence-electron chi connectivity index (χ0n) is 16.5. The molecular weight excluding hydrogens is 374 g/mol. The van der Waals surface area contributed by atoms with E-state index >= 15 is 0 Å². The third-order valence-electron chi connectivity index (χ3n) is 4.52. The normalized spacial score (nSPS) is 12.3. The van der Waals surface area contributed by atoms with E-state index in [4.69, 9.17) is 15.2 Å². The number of nitrogens with two attached hydrogens (primary N) is 1. The molecule has 2 aromatic carbocycles. The van der Waals surface area contributed by atoms with Crippen LogP contribution in [-0.4, -0.2) is 40.2 Å². The summed E-state index contributed by atoms with van der Waals surface area (Å²) in [5.41, 5.74) is 8.12. The van der Waals surface area contributed by atoms with Gasteiger partial charge in [-0.25, -0.2) is 14.8 Å². The van der Waals surface area contributed by atoms with Crippen LogP contribution in [0.15, 0.2) is 30.3 Å². The Hall–Kier alpha value is -3.26. The fourth-order valence-corrected chi connectivity index (χ4v) is 3.12. The molecule has 0 radical (unpaired) electrons. The van der Waals surface area contributed by atoms with Crippen LogP contribution < -0.4 is 10.5 Å². The summed E-state index contributed by atoms with van der Waals surface area (Å²) in [6, 6.07) is 7.50. The number of hydrogen-bond acceptors (Lipinski definition) is 7. The first kappa shape index (κ1) is 20.5. The monoisotopic (exact) mass is 397 g/mol. The molecule has 0 saturated carbocycles. The van der Waals surface area contributed by atoms with Crippen molar-refractivity contribution in [3.8, 4) is 5.75 Å². The quantitative estimate of drug-likeness (QED) is 0.460. The van der Waals surface area contributed by atoms with Gasteiger partial charge >= 0.3 is 11.9 Å². The van der Waals surface area contributed by atoms with Gasteiger partial charge in [-0.05, 0) is 36.6 Å². The second-order valence-electron chi connectivity index (χ2n) is 7.17. The van der Waals surface area contributed by atoms with Gasteiger partial charge in [0.05, 0.1) is 23.7 Å². The second-order valence-corrected chi connectivity index (χ2v) is 7.17. The van der Waals surface area contributed by atoms with Gasteiger partial charge in [-0.3, -0.25) is 4.79 Å². The van der Waals surface area contributed by atoms with Crippen LogP contribution in [0.1, 0.15) is 36.2 Å². The topological polar surface area (TPSA) is 125 Å². The Balaban J connectivity index is 2.03. The van der Waals surface area contributed by atoms with Crippen molar-refractivity contribution in [1.29, 1.82) is 0 Å². The molecule has 1 atom stereocenters. The van der Waals surface area contributed by atoms with Crippen molar-refractivity contribution in [2.45, 2.75) is 32.9 Å². The van der Waals surface area contributed by atoms with Gasteiger partial charge in [-0.1, -0.05) is 19.9 Å². The minimum Gasteiger partial charge on any atom is -0.494 e. The van der Waals surface area contributed by atoms with Crippen LogP contribution in [0.4, 0.5) is 0 Å². The summed E-state index contributed by atoms with van der Waals surface area (Å²) in [6.45, 7) is 3.94. The zero-order chi connectivity index (χ0) is 21.1. The maximum atomic E-state index is 12.2. The first-order valence-electron chi connectivity index (χ1n) is 9.23. The van der Waals surface area contributed by atoms with Gasteiger partial charge in [-0.2, -0.15) is 0 Å². The van der Waals surface area contributed by atoms with E-state index in [-0.39, 0.29) is 23.6 Å². The average Bonchev–Trinajstić information content (AvgIpc) is 2.69. The van der Waals surface area contributed by atoms with Gasteiger partial charge in [0.1, 0.15) is 29.4 Å². The highest BCUT2D eigenvalue weighted by Gasteiger charge is 2.19. The molecule has 0 saturated heterocycles. The zero-order valence-corrected chi connectivity index (χ0v) is 16.5. The largest absolute Gasteiger partial charge is 0.494 e. The van der Waals surface area contributed by atoms with Crippen molar-refractivity contribution in [3.05, 3.63) is 41.5 Å². The van der Waals surface area contributed by atoms with E-state index in [1.54, 1.807) is 24.3 Å². The number of para-hydroxylation sites is 1. The van der Waals surface area contributed by atoms with E-state index in [0.29, 0.717) is 34.3 Å². The highest BCUT2D eigenvalue weighted by molar-refractivity contribution is 6.03. The standard InChI is InChI=1S/C21H23N3O5/c1-11(2)9-14(22)21(27)29-10-12-7-8-16(28-3)19-17(12)23-15-6-4-5-13(20(25)26)18(15)24-19/h4-8,11,14H,9-10,22H2,1-3H3,(H,25,26)/t14-/m0/s1. The summed E-state index contributed by atoms with van der Waals surface area (Å²) in [5, 5.41) is 9.43. The van der Waals surface area contributed by atoms with Gasteiger partial charge in [0, 0.05) is 5.56 Å². The highest BCUT2D eigenvalue weighted by atomic mass is 16.5. The number of carboxylic acids is 1. The lowest BCUT2D eigenvalue weighted by Crippen LogP contribution is -2.33. The lowest BCUT2D eigenvalue weighted by atomic mass is 10.0. The summed E-state index contributed by atoms with van der Waals surface area (Å²) in [7, 11) is 1.49. The lowest BCUT2D eigenvalue weighted by Gasteiger charge is -2.15. The smallest absolute Gasteiger partial charge is 0.337 e. The Labute approximate surface area is 167 Å². The Bertz CT molecular complexity index is 1080. The van der Waals surface area contributed by atoms with Gasteiger partial charge in [0.15, 0.2) is 0 Å². The van der Waals surface area contributed by atoms with Gasteiger partial charge < -0.3 is 20.3 Å². The summed E-state index contributed by atoms with van der Waals surface area (Å²) in [6.07, 6.45) is 0.532. The number of aromatic nitrogens is 2. The second kappa shape index (κ2) is 8.40. The number of hydrogen-bond donors (Lipinski definition) is 2. The van der Waals surface area contributed by atoms with Crippen LogP contribution in [0.5, 0.6) is 5.75 Å². The Morgan fingerprint density at radius 2 is 1.86 bits per heavy atom. The van der Waals surface area contributed by atoms with Crippen molar-refractivity contribution in [2.24, 2.45) is 11.7 Å². The van der Waals surface area contributed by atoms with Gasteiger partial charge in [0.25, 0.3) is 0 Å². The van der Waals surface area contributed by atoms with E-state index in [1.807, 2.05) is 13.8 Å². The van der Waals surface area contributed by atoms with Crippen LogP contribution in [0.3, 0.4) is 0 Å². The van der Waals surface area contributed by atoms with E-state index in [2.05, 4.69) is 9.97 Å². The number of benzene rings is 2. The number of carboxylic acid groups (broad SMARTS) is 1. The average molecular weight is 397 g/mol. The molecule has 0 amide bonds. The first-order chi connectivity index (χ1) is 13.8. The molecule has 0 aliphatic carbocycles. The van der Waals surface area contributed by atoms with E-state index in [9.17, 15) is 14.7 Å². The van der Waals surface area contributed by atoms with Crippen molar-refractivity contribution in [3.63, 3.8) is 0 Å². The number of nitrogens with zero attached hydrogens (tertiary/aromatic N) is 2. The van der Waals surface area contributed by atoms with Crippen molar-refractivity contribution < 1.29 is 24.2 Å². The first-order valence-corrected chi connectivity index (χ1v) is 9.23. The van der Waals surface area contributed by atoms with E-state index < -0.39 is 18.0 Å². The fraction of sp³-hybridized carbons (Fsp3) is 0.333. The molecule has 152 valence electrons. The number of fused-ring (bicyclic) bond motifs is 2. The predicted octanol–water partition coefficient (Wildman–Crippen LogP) is 2.91. The number of methoxy groups -OCH3 is 1. The SMILES string of the molecule is COc1ccc(COC(=O)[C@@H](N)CC(C)C)c2nc3cccc(C(=O)O)c3nc12. The molecule has 3 rings (SSSR count). The molecule has 3 N–H and O–H groups in total. The number of esters is 1. The molecule has 1 heterocycles. The number of carbonyl (C=O) groups is 2. The van der Waals surface area contributed by atoms with Gasteiger partial charge in [-0.15, -0.1) is 0 Å². The molecule has 3 aromatic rings. The molecule has 0 unspecified atom stereocenters. The highest BCUT2D eigenvalue weighted by Crippen LogP contribution is 2.29. The number of ether oxygens (including phenoxy) is 2. The third kappa shape index (κ3) is 4.27. The Kier molecular flexibility index (Phi) is 5.93. The fourth-order valence-electron chi connectivity index (χ4n) is 3.12. The third-order valence-corrected chi connectivity index (χ3v) is 4.52. The maximum absolute atomic E-state index is 12.2. The molecule has 0 aliphatic heterocycles. The molecule has 1 aromatic heterocycles. The number of carbonyl (C=O) groups excluding carboxylic acids is 1. The summed E-state index contributed by atoms with van der Waals surface area (Å²) >= 11 is 0. The summed E-state index contributed by atoms with van der Waals surface area (Å²) < 4.78 is 10.7. The molecule has 0 spiro atoms. The molecule has 0 aliphatic rings. The van der Waals surface area contributed by atoms with Crippen LogP contribution in [0.25, 0.3) is 22.1 Å². The Morgan fingerprint density at radius 3 is 2.52 bits per heavy atom. The van der Waals surface area contributed by atoms with Crippen LogP contribution in [-0.2, 0) is 16.1 Å². The van der Waals surface area contributed by atoms with Crippen LogP contribution in [0.2, 0.25) is 0 Å². The molecule has 8 nitrogen and oxygen atoms in total. The molecular formula is C21H23N3O5. The Morgan fingerprint density at radius 1 is 1.10 bits per heavy atom. The summed E-state index contributed by atoms with van der Waals surface area (Å²) in [5.74, 6) is -0.849. The molecule has 29 heavy (non-hydrogen) atoms. The van der Waals surface area contributed by atoms with Crippen LogP contribution in [0, 0.1) is 5.92 Å². The number of aromatic carboxylic acids is 1. The predicted molar refractivity (Wildman–Crippen MR) is 108 cm³/mol. The minimum atomic E-state index is -1.09.